The fourth-order valence-electron chi connectivity index (χ4n) is 3.88. The Morgan fingerprint density at radius 1 is 1.00 bits per heavy atom. The minimum Gasteiger partial charge on any atom is -0.375 e. The van der Waals surface area contributed by atoms with Crippen LogP contribution in [0.3, 0.4) is 0 Å². The van der Waals surface area contributed by atoms with E-state index in [0.29, 0.717) is 16.5 Å². The molecule has 0 radical (unpaired) electrons. The van der Waals surface area contributed by atoms with Crippen LogP contribution in [0.1, 0.15) is 10.4 Å². The van der Waals surface area contributed by atoms with E-state index in [1.54, 1.807) is 12.4 Å². The zero-order valence-electron chi connectivity index (χ0n) is 17.8. The molecule has 1 fully saturated rings. The van der Waals surface area contributed by atoms with Gasteiger partial charge >= 0.3 is 0 Å². The molecule has 1 amide bonds. The SMILES string of the molecule is CN1CCN(c2cccc(C(=O)Nc3cc4cc(-c5cnc(N)s5)ccc4cn3)c2)CC1. The van der Waals surface area contributed by atoms with Crippen molar-refractivity contribution in [2.75, 3.05) is 49.2 Å². The number of nitrogens with zero attached hydrogens (tertiary/aromatic N) is 4. The molecule has 2 aromatic carbocycles. The van der Waals surface area contributed by atoms with Crippen molar-refractivity contribution in [3.8, 4) is 10.4 Å². The molecule has 1 saturated heterocycles. The van der Waals surface area contributed by atoms with Gasteiger partial charge in [0.05, 0.1) is 4.88 Å². The fourth-order valence-corrected chi connectivity index (χ4v) is 4.56. The fraction of sp³-hybridized carbons (Fsp3) is 0.208. The second-order valence-electron chi connectivity index (χ2n) is 7.99. The van der Waals surface area contributed by atoms with Gasteiger partial charge in [-0.1, -0.05) is 29.5 Å². The first kappa shape index (κ1) is 20.4. The van der Waals surface area contributed by atoms with Gasteiger partial charge in [-0.2, -0.15) is 0 Å². The average molecular weight is 445 g/mol. The van der Waals surface area contributed by atoms with Crippen LogP contribution in [0.5, 0.6) is 0 Å². The highest BCUT2D eigenvalue weighted by Gasteiger charge is 2.16. The Hall–Kier alpha value is -3.49. The minimum absolute atomic E-state index is 0.167. The van der Waals surface area contributed by atoms with Crippen LogP contribution >= 0.6 is 11.3 Å². The lowest BCUT2D eigenvalue weighted by Gasteiger charge is -2.34. The van der Waals surface area contributed by atoms with Crippen LogP contribution in [-0.4, -0.2) is 54.0 Å². The zero-order chi connectivity index (χ0) is 22.1. The molecule has 0 spiro atoms. The number of fused-ring (bicyclic) bond motifs is 1. The van der Waals surface area contributed by atoms with Crippen LogP contribution in [0.2, 0.25) is 0 Å². The lowest BCUT2D eigenvalue weighted by atomic mass is 10.1. The zero-order valence-corrected chi connectivity index (χ0v) is 18.6. The molecule has 0 unspecified atom stereocenters. The summed E-state index contributed by atoms with van der Waals surface area (Å²) in [5, 5.41) is 5.48. The highest BCUT2D eigenvalue weighted by Crippen LogP contribution is 2.30. The van der Waals surface area contributed by atoms with E-state index < -0.39 is 0 Å². The number of benzene rings is 2. The molecular weight excluding hydrogens is 420 g/mol. The van der Waals surface area contributed by atoms with Gasteiger partial charge in [-0.15, -0.1) is 0 Å². The predicted octanol–water partition coefficient (Wildman–Crippen LogP) is 3.94. The van der Waals surface area contributed by atoms with Crippen molar-refractivity contribution in [3.63, 3.8) is 0 Å². The molecule has 8 heteroatoms. The molecule has 7 nitrogen and oxygen atoms in total. The number of likely N-dealkylation sites (N-methyl/N-ethyl adjacent to an activating group) is 1. The summed E-state index contributed by atoms with van der Waals surface area (Å²) in [6.45, 7) is 3.96. The quantitative estimate of drug-likeness (QED) is 0.496. The van der Waals surface area contributed by atoms with Gasteiger partial charge in [0, 0.05) is 55.2 Å². The van der Waals surface area contributed by atoms with Crippen molar-refractivity contribution < 1.29 is 4.79 Å². The molecule has 0 atom stereocenters. The number of carbonyl (C=O) groups is 1. The molecular formula is C24H24N6OS. The molecule has 0 aliphatic carbocycles. The van der Waals surface area contributed by atoms with Gasteiger partial charge < -0.3 is 20.9 Å². The first-order valence-electron chi connectivity index (χ1n) is 10.5. The van der Waals surface area contributed by atoms with E-state index in [-0.39, 0.29) is 5.91 Å². The number of carbonyl (C=O) groups excluding carboxylic acids is 1. The lowest BCUT2D eigenvalue weighted by molar-refractivity contribution is 0.102. The van der Waals surface area contributed by atoms with E-state index in [1.165, 1.54) is 11.3 Å². The smallest absolute Gasteiger partial charge is 0.256 e. The van der Waals surface area contributed by atoms with Crippen molar-refractivity contribution in [3.05, 3.63) is 66.5 Å². The van der Waals surface area contributed by atoms with Gasteiger partial charge in [0.25, 0.3) is 5.91 Å². The maximum absolute atomic E-state index is 12.9. The number of hydrogen-bond donors (Lipinski definition) is 2. The van der Waals surface area contributed by atoms with Gasteiger partial charge in [-0.05, 0) is 48.3 Å². The third-order valence-electron chi connectivity index (χ3n) is 5.75. The molecule has 162 valence electrons. The molecule has 1 aliphatic heterocycles. The Kier molecular flexibility index (Phi) is 5.46. The number of rotatable bonds is 4. The van der Waals surface area contributed by atoms with E-state index in [2.05, 4.69) is 44.3 Å². The van der Waals surface area contributed by atoms with Crippen LogP contribution in [0.4, 0.5) is 16.6 Å². The van der Waals surface area contributed by atoms with E-state index in [9.17, 15) is 4.79 Å². The Labute approximate surface area is 190 Å². The standard InChI is InChI=1S/C24H24N6OS/c1-29-7-9-30(10-8-29)20-4-2-3-17(12-20)23(31)28-22-13-19-11-16(5-6-18(19)14-26-22)21-15-27-24(25)32-21/h2-6,11-15H,7-10H2,1H3,(H2,25,27)(H,26,28,31). The number of aromatic nitrogens is 2. The molecule has 2 aromatic heterocycles. The van der Waals surface area contributed by atoms with Crippen LogP contribution < -0.4 is 16.0 Å². The van der Waals surface area contributed by atoms with Crippen molar-refractivity contribution >= 4 is 44.7 Å². The van der Waals surface area contributed by atoms with Crippen molar-refractivity contribution in [1.82, 2.24) is 14.9 Å². The van der Waals surface area contributed by atoms with Crippen LogP contribution in [0, 0.1) is 0 Å². The molecule has 0 bridgehead atoms. The topological polar surface area (TPSA) is 87.4 Å². The predicted molar refractivity (Wildman–Crippen MR) is 131 cm³/mol. The third kappa shape index (κ3) is 4.28. The number of pyridine rings is 1. The van der Waals surface area contributed by atoms with E-state index >= 15 is 0 Å². The summed E-state index contributed by atoms with van der Waals surface area (Å²) in [6, 6.07) is 15.8. The van der Waals surface area contributed by atoms with Crippen molar-refractivity contribution in [1.29, 1.82) is 0 Å². The molecule has 0 saturated carbocycles. The normalized spacial score (nSPS) is 14.6. The molecule has 5 rings (SSSR count). The molecule has 3 N–H and O–H groups in total. The first-order valence-corrected chi connectivity index (χ1v) is 11.3. The summed E-state index contributed by atoms with van der Waals surface area (Å²) in [4.78, 5) is 27.1. The summed E-state index contributed by atoms with van der Waals surface area (Å²) < 4.78 is 0. The van der Waals surface area contributed by atoms with Crippen molar-refractivity contribution in [2.24, 2.45) is 0 Å². The van der Waals surface area contributed by atoms with Gasteiger partial charge in [-0.25, -0.2) is 9.97 Å². The van der Waals surface area contributed by atoms with Gasteiger partial charge in [-0.3, -0.25) is 4.79 Å². The summed E-state index contributed by atoms with van der Waals surface area (Å²) in [5.41, 5.74) is 8.51. The number of nitrogens with one attached hydrogen (secondary N) is 1. The monoisotopic (exact) mass is 444 g/mol. The molecule has 3 heterocycles. The summed E-state index contributed by atoms with van der Waals surface area (Å²) in [6.07, 6.45) is 3.55. The Morgan fingerprint density at radius 3 is 2.62 bits per heavy atom. The largest absolute Gasteiger partial charge is 0.375 e. The van der Waals surface area contributed by atoms with Gasteiger partial charge in [0.15, 0.2) is 5.13 Å². The lowest BCUT2D eigenvalue weighted by Crippen LogP contribution is -2.44. The Bertz CT molecular complexity index is 1280. The number of piperazine rings is 1. The number of nitrogens with two attached hydrogens (primary N) is 1. The summed E-state index contributed by atoms with van der Waals surface area (Å²) in [5.74, 6) is 0.354. The average Bonchev–Trinajstić information content (AvgIpc) is 3.25. The Morgan fingerprint density at radius 2 is 1.84 bits per heavy atom. The van der Waals surface area contributed by atoms with E-state index in [4.69, 9.17) is 5.73 Å². The van der Waals surface area contributed by atoms with Gasteiger partial charge in [0.2, 0.25) is 0 Å². The van der Waals surface area contributed by atoms with Crippen LogP contribution in [-0.2, 0) is 0 Å². The maximum Gasteiger partial charge on any atom is 0.256 e. The van der Waals surface area contributed by atoms with E-state index in [1.807, 2.05) is 36.4 Å². The number of nitrogen functional groups attached to an aromatic ring is 1. The second-order valence-corrected chi connectivity index (χ2v) is 9.05. The number of hydrogen-bond acceptors (Lipinski definition) is 7. The highest BCUT2D eigenvalue weighted by molar-refractivity contribution is 7.18. The number of amides is 1. The maximum atomic E-state index is 12.9. The van der Waals surface area contributed by atoms with Crippen LogP contribution in [0.25, 0.3) is 21.2 Å². The summed E-state index contributed by atoms with van der Waals surface area (Å²) >= 11 is 1.45. The minimum atomic E-state index is -0.167. The van der Waals surface area contributed by atoms with Gasteiger partial charge in [0.1, 0.15) is 5.82 Å². The number of thiazole rings is 1. The first-order chi connectivity index (χ1) is 15.5. The third-order valence-corrected chi connectivity index (χ3v) is 6.62. The second kappa shape index (κ2) is 8.57. The molecule has 32 heavy (non-hydrogen) atoms. The van der Waals surface area contributed by atoms with Crippen molar-refractivity contribution in [2.45, 2.75) is 0 Å². The van der Waals surface area contributed by atoms with Crippen LogP contribution in [0.15, 0.2) is 60.9 Å². The Balaban J connectivity index is 1.36. The molecule has 1 aliphatic rings. The van der Waals surface area contributed by atoms with E-state index in [0.717, 1.165) is 53.1 Å². The summed E-state index contributed by atoms with van der Waals surface area (Å²) in [7, 11) is 2.13. The molecule has 4 aromatic rings. The highest BCUT2D eigenvalue weighted by atomic mass is 32.1. The number of anilines is 3.